The molecular formula is C7H6F3IN2O2. The highest BCUT2D eigenvalue weighted by molar-refractivity contribution is 14.1. The van der Waals surface area contributed by atoms with Gasteiger partial charge in [0.25, 0.3) is 0 Å². The first-order valence-corrected chi connectivity index (χ1v) is 4.76. The van der Waals surface area contributed by atoms with E-state index >= 15 is 0 Å². The second kappa shape index (κ2) is 4.81. The highest BCUT2D eigenvalue weighted by Crippen LogP contribution is 2.20. The SMILES string of the molecule is COc1nc(OCC(F)(F)F)cnc1I. The summed E-state index contributed by atoms with van der Waals surface area (Å²) in [5, 5.41) is 0. The number of alkyl halides is 3. The molecule has 1 rings (SSSR count). The van der Waals surface area contributed by atoms with Crippen LogP contribution in [0.25, 0.3) is 0 Å². The molecule has 1 aromatic heterocycles. The predicted molar refractivity (Wildman–Crippen MR) is 52.9 cm³/mol. The van der Waals surface area contributed by atoms with E-state index in [1.807, 2.05) is 22.6 Å². The van der Waals surface area contributed by atoms with Crippen LogP contribution in [0.4, 0.5) is 13.2 Å². The van der Waals surface area contributed by atoms with Gasteiger partial charge in [-0.1, -0.05) is 0 Å². The molecule has 0 saturated carbocycles. The van der Waals surface area contributed by atoms with Gasteiger partial charge in [-0.3, -0.25) is 0 Å². The molecule has 1 aromatic rings. The maximum absolute atomic E-state index is 11.8. The Morgan fingerprint density at radius 3 is 2.67 bits per heavy atom. The second-order valence-corrected chi connectivity index (χ2v) is 3.43. The molecule has 84 valence electrons. The molecule has 0 spiro atoms. The van der Waals surface area contributed by atoms with Crippen molar-refractivity contribution in [3.8, 4) is 11.8 Å². The number of ether oxygens (including phenoxy) is 2. The summed E-state index contributed by atoms with van der Waals surface area (Å²) in [5.74, 6) is -0.0835. The van der Waals surface area contributed by atoms with Gasteiger partial charge < -0.3 is 9.47 Å². The van der Waals surface area contributed by atoms with Crippen LogP contribution in [-0.4, -0.2) is 29.9 Å². The third kappa shape index (κ3) is 4.06. The molecule has 0 aromatic carbocycles. The Morgan fingerprint density at radius 2 is 2.13 bits per heavy atom. The Balaban J connectivity index is 2.70. The number of hydrogen-bond donors (Lipinski definition) is 0. The Hall–Kier alpha value is -0.800. The maximum atomic E-state index is 11.8. The topological polar surface area (TPSA) is 44.2 Å². The Labute approximate surface area is 97.0 Å². The molecule has 0 bridgehead atoms. The number of hydrogen-bond acceptors (Lipinski definition) is 4. The largest absolute Gasteiger partial charge is 0.479 e. The molecule has 0 aliphatic carbocycles. The van der Waals surface area contributed by atoms with Crippen LogP contribution in [-0.2, 0) is 0 Å². The molecule has 8 heteroatoms. The fourth-order valence-corrected chi connectivity index (χ4v) is 1.18. The van der Waals surface area contributed by atoms with E-state index in [9.17, 15) is 13.2 Å². The van der Waals surface area contributed by atoms with Crippen molar-refractivity contribution in [3.05, 3.63) is 9.90 Å². The van der Waals surface area contributed by atoms with Gasteiger partial charge in [0, 0.05) is 0 Å². The number of rotatable bonds is 3. The molecule has 0 N–H and O–H groups in total. The van der Waals surface area contributed by atoms with Gasteiger partial charge in [0.05, 0.1) is 13.3 Å². The molecule has 4 nitrogen and oxygen atoms in total. The zero-order valence-corrected chi connectivity index (χ0v) is 9.66. The molecule has 0 aliphatic heterocycles. The maximum Gasteiger partial charge on any atom is 0.422 e. The fourth-order valence-electron chi connectivity index (χ4n) is 0.697. The normalized spacial score (nSPS) is 11.3. The lowest BCUT2D eigenvalue weighted by Crippen LogP contribution is -2.19. The summed E-state index contributed by atoms with van der Waals surface area (Å²) >= 11 is 1.85. The smallest absolute Gasteiger partial charge is 0.422 e. The summed E-state index contributed by atoms with van der Waals surface area (Å²) in [6, 6.07) is 0. The van der Waals surface area contributed by atoms with Crippen LogP contribution >= 0.6 is 22.6 Å². The molecule has 1 heterocycles. The first-order valence-electron chi connectivity index (χ1n) is 3.68. The fraction of sp³-hybridized carbons (Fsp3) is 0.429. The van der Waals surface area contributed by atoms with Crippen LogP contribution in [0.1, 0.15) is 0 Å². The molecular weight excluding hydrogens is 328 g/mol. The van der Waals surface area contributed by atoms with Crippen LogP contribution in [0.3, 0.4) is 0 Å². The quantitative estimate of drug-likeness (QED) is 0.794. The third-order valence-corrected chi connectivity index (χ3v) is 1.99. The van der Waals surface area contributed by atoms with E-state index in [0.29, 0.717) is 3.70 Å². The minimum Gasteiger partial charge on any atom is -0.479 e. The zero-order chi connectivity index (χ0) is 11.5. The van der Waals surface area contributed by atoms with Gasteiger partial charge in [0.15, 0.2) is 10.3 Å². The Kier molecular flexibility index (Phi) is 3.94. The van der Waals surface area contributed by atoms with Crippen molar-refractivity contribution in [2.24, 2.45) is 0 Å². The minimum atomic E-state index is -4.39. The van der Waals surface area contributed by atoms with Gasteiger partial charge in [-0.25, -0.2) is 4.98 Å². The number of methoxy groups -OCH3 is 1. The number of nitrogens with zero attached hydrogens (tertiary/aromatic N) is 2. The summed E-state index contributed by atoms with van der Waals surface area (Å²) in [7, 11) is 1.35. The van der Waals surface area contributed by atoms with Gasteiger partial charge in [-0.05, 0) is 22.6 Å². The van der Waals surface area contributed by atoms with Gasteiger partial charge in [0.1, 0.15) is 0 Å². The molecule has 0 saturated heterocycles. The van der Waals surface area contributed by atoms with Crippen molar-refractivity contribution in [2.45, 2.75) is 6.18 Å². The van der Waals surface area contributed by atoms with E-state index in [1.165, 1.54) is 7.11 Å². The van der Waals surface area contributed by atoms with Crippen molar-refractivity contribution in [2.75, 3.05) is 13.7 Å². The lowest BCUT2D eigenvalue weighted by Gasteiger charge is -2.08. The summed E-state index contributed by atoms with van der Waals surface area (Å²) in [6.45, 7) is -1.40. The van der Waals surface area contributed by atoms with E-state index in [4.69, 9.17) is 4.74 Å². The zero-order valence-electron chi connectivity index (χ0n) is 7.51. The highest BCUT2D eigenvalue weighted by Gasteiger charge is 2.28. The van der Waals surface area contributed by atoms with E-state index in [1.54, 1.807) is 0 Å². The van der Waals surface area contributed by atoms with Gasteiger partial charge in [-0.15, -0.1) is 0 Å². The van der Waals surface area contributed by atoms with Crippen LogP contribution < -0.4 is 9.47 Å². The Bertz CT molecular complexity index is 345. The molecule has 0 aliphatic rings. The lowest BCUT2D eigenvalue weighted by molar-refractivity contribution is -0.154. The van der Waals surface area contributed by atoms with Crippen molar-refractivity contribution in [1.29, 1.82) is 0 Å². The van der Waals surface area contributed by atoms with Gasteiger partial charge >= 0.3 is 6.18 Å². The van der Waals surface area contributed by atoms with Crippen molar-refractivity contribution < 1.29 is 22.6 Å². The van der Waals surface area contributed by atoms with E-state index in [-0.39, 0.29) is 11.8 Å². The minimum absolute atomic E-state index is 0.135. The number of halogens is 4. The van der Waals surface area contributed by atoms with E-state index < -0.39 is 12.8 Å². The van der Waals surface area contributed by atoms with Crippen molar-refractivity contribution in [1.82, 2.24) is 9.97 Å². The predicted octanol–water partition coefficient (Wildman–Crippen LogP) is 2.03. The molecule has 0 radical (unpaired) electrons. The van der Waals surface area contributed by atoms with Crippen LogP contribution in [0.5, 0.6) is 11.8 Å². The lowest BCUT2D eigenvalue weighted by atomic mass is 10.6. The van der Waals surface area contributed by atoms with E-state index in [2.05, 4.69) is 14.7 Å². The molecule has 15 heavy (non-hydrogen) atoms. The summed E-state index contributed by atoms with van der Waals surface area (Å²) in [4.78, 5) is 7.44. The van der Waals surface area contributed by atoms with Crippen LogP contribution in [0.15, 0.2) is 6.20 Å². The van der Waals surface area contributed by atoms with Crippen molar-refractivity contribution >= 4 is 22.6 Å². The van der Waals surface area contributed by atoms with E-state index in [0.717, 1.165) is 6.20 Å². The standard InChI is InChI=1S/C7H6F3IN2O2/c1-14-6-5(11)12-2-4(13-6)15-3-7(8,9)10/h2H,3H2,1H3. The van der Waals surface area contributed by atoms with Gasteiger partial charge in [-0.2, -0.15) is 18.2 Å². The first kappa shape index (κ1) is 12.3. The van der Waals surface area contributed by atoms with Crippen LogP contribution in [0.2, 0.25) is 0 Å². The molecule has 0 amide bonds. The average molecular weight is 334 g/mol. The Morgan fingerprint density at radius 1 is 1.47 bits per heavy atom. The summed E-state index contributed by atoms with van der Waals surface area (Å²) in [5.41, 5.74) is 0. The highest BCUT2D eigenvalue weighted by atomic mass is 127. The van der Waals surface area contributed by atoms with Gasteiger partial charge in [0.2, 0.25) is 11.8 Å². The monoisotopic (exact) mass is 334 g/mol. The summed E-state index contributed by atoms with van der Waals surface area (Å²) in [6.07, 6.45) is -3.28. The number of aromatic nitrogens is 2. The van der Waals surface area contributed by atoms with Crippen molar-refractivity contribution in [3.63, 3.8) is 0 Å². The second-order valence-electron chi connectivity index (χ2n) is 2.41. The molecule has 0 atom stereocenters. The summed E-state index contributed by atoms with van der Waals surface area (Å²) < 4.78 is 45.0. The average Bonchev–Trinajstić information content (AvgIpc) is 2.15. The van der Waals surface area contributed by atoms with Crippen LogP contribution in [0, 0.1) is 3.70 Å². The molecule has 0 unspecified atom stereocenters. The molecule has 0 fully saturated rings. The first-order chi connectivity index (χ1) is 6.92. The third-order valence-electron chi connectivity index (χ3n) is 1.25.